The molecule has 0 unspecified atom stereocenters. The lowest BCUT2D eigenvalue weighted by Crippen LogP contribution is -2.47. The number of nitrogens with zero attached hydrogens (tertiary/aromatic N) is 6. The van der Waals surface area contributed by atoms with E-state index in [0.717, 1.165) is 11.6 Å². The maximum atomic E-state index is 14.0. The molecule has 1 aliphatic rings. The van der Waals surface area contributed by atoms with Gasteiger partial charge in [-0.05, 0) is 48.9 Å². The van der Waals surface area contributed by atoms with Crippen LogP contribution < -0.4 is 10.6 Å². The summed E-state index contributed by atoms with van der Waals surface area (Å²) in [5.74, 6) is -0.470. The monoisotopic (exact) mass is 590 g/mol. The lowest BCUT2D eigenvalue weighted by atomic mass is 10.0. The molecule has 1 saturated heterocycles. The summed E-state index contributed by atoms with van der Waals surface area (Å²) < 4.78 is 42.1. The second-order valence-corrected chi connectivity index (χ2v) is 10.1. The SMILES string of the molecule is CC(=O)N1CCN(Cc2ccc(C(=O)Nc3cnc(C)c(Nc4nccc(-c5cccnc5)n4)c3)cc2C(F)(F)F)CC1. The molecule has 10 nitrogen and oxygen atoms in total. The van der Waals surface area contributed by atoms with E-state index in [9.17, 15) is 22.8 Å². The largest absolute Gasteiger partial charge is 0.416 e. The van der Waals surface area contributed by atoms with Crippen LogP contribution in [0.2, 0.25) is 0 Å². The molecule has 4 aromatic rings. The predicted octanol–water partition coefficient (Wildman–Crippen LogP) is 4.92. The van der Waals surface area contributed by atoms with Crippen molar-refractivity contribution in [3.05, 3.63) is 89.6 Å². The lowest BCUT2D eigenvalue weighted by molar-refractivity contribution is -0.138. The van der Waals surface area contributed by atoms with Crippen molar-refractivity contribution in [1.82, 2.24) is 29.7 Å². The van der Waals surface area contributed by atoms with Crippen LogP contribution >= 0.6 is 0 Å². The Labute approximate surface area is 246 Å². The lowest BCUT2D eigenvalue weighted by Gasteiger charge is -2.34. The van der Waals surface area contributed by atoms with Gasteiger partial charge in [-0.3, -0.25) is 24.5 Å². The molecule has 1 aromatic carbocycles. The first kappa shape index (κ1) is 29.6. The van der Waals surface area contributed by atoms with Crippen molar-refractivity contribution in [3.8, 4) is 11.3 Å². The minimum absolute atomic E-state index is 0.0546. The molecule has 1 fully saturated rings. The van der Waals surface area contributed by atoms with Crippen LogP contribution in [0.4, 0.5) is 30.5 Å². The van der Waals surface area contributed by atoms with E-state index in [-0.39, 0.29) is 29.3 Å². The number of hydrogen-bond donors (Lipinski definition) is 2. The van der Waals surface area contributed by atoms with Gasteiger partial charge in [-0.25, -0.2) is 9.97 Å². The number of aryl methyl sites for hydroxylation is 1. The van der Waals surface area contributed by atoms with Crippen LogP contribution in [0.3, 0.4) is 0 Å². The summed E-state index contributed by atoms with van der Waals surface area (Å²) in [4.78, 5) is 45.3. The molecule has 2 N–H and O–H groups in total. The van der Waals surface area contributed by atoms with Crippen molar-refractivity contribution >= 4 is 29.1 Å². The third kappa shape index (κ3) is 7.30. The van der Waals surface area contributed by atoms with Crippen LogP contribution in [-0.2, 0) is 17.5 Å². The molecule has 0 saturated carbocycles. The molecule has 0 radical (unpaired) electrons. The van der Waals surface area contributed by atoms with Crippen LogP contribution in [-0.4, -0.2) is 67.7 Å². The summed E-state index contributed by atoms with van der Waals surface area (Å²) in [7, 11) is 0. The van der Waals surface area contributed by atoms with Crippen molar-refractivity contribution in [3.63, 3.8) is 0 Å². The summed E-state index contributed by atoms with van der Waals surface area (Å²) in [6.07, 6.45) is 1.71. The number of pyridine rings is 2. The highest BCUT2D eigenvalue weighted by atomic mass is 19.4. The smallest absolute Gasteiger partial charge is 0.340 e. The fraction of sp³-hybridized carbons (Fsp3) is 0.267. The number of hydrogen-bond acceptors (Lipinski definition) is 8. The number of anilines is 3. The normalized spacial score (nSPS) is 13.9. The highest BCUT2D eigenvalue weighted by molar-refractivity contribution is 6.04. The first-order valence-electron chi connectivity index (χ1n) is 13.5. The molecule has 4 heterocycles. The molecule has 0 bridgehead atoms. The minimum Gasteiger partial charge on any atom is -0.340 e. The summed E-state index contributed by atoms with van der Waals surface area (Å²) >= 11 is 0. The van der Waals surface area contributed by atoms with Crippen molar-refractivity contribution in [1.29, 1.82) is 0 Å². The van der Waals surface area contributed by atoms with Gasteiger partial charge in [-0.15, -0.1) is 0 Å². The van der Waals surface area contributed by atoms with Gasteiger partial charge in [0.25, 0.3) is 5.91 Å². The molecule has 3 aromatic heterocycles. The number of benzene rings is 1. The minimum atomic E-state index is -4.65. The van der Waals surface area contributed by atoms with Gasteiger partial charge in [-0.2, -0.15) is 13.2 Å². The number of carbonyl (C=O) groups is 2. The Morgan fingerprint density at radius 1 is 0.977 bits per heavy atom. The zero-order valence-corrected chi connectivity index (χ0v) is 23.5. The van der Waals surface area contributed by atoms with E-state index in [2.05, 4.69) is 30.6 Å². The Balaban J connectivity index is 1.30. The maximum Gasteiger partial charge on any atom is 0.416 e. The molecule has 1 aliphatic heterocycles. The number of halogens is 3. The molecule has 0 aliphatic carbocycles. The Bertz CT molecular complexity index is 1620. The average molecular weight is 591 g/mol. The van der Waals surface area contributed by atoms with Gasteiger partial charge in [0.15, 0.2) is 0 Å². The summed E-state index contributed by atoms with van der Waals surface area (Å²) in [6, 6.07) is 10.6. The molecule has 2 amide bonds. The Morgan fingerprint density at radius 3 is 2.47 bits per heavy atom. The van der Waals surface area contributed by atoms with Crippen LogP contribution in [0.25, 0.3) is 11.3 Å². The number of aromatic nitrogens is 4. The average Bonchev–Trinajstić information content (AvgIpc) is 2.99. The topological polar surface area (TPSA) is 116 Å². The summed E-state index contributed by atoms with van der Waals surface area (Å²) in [5, 5.41) is 5.73. The Hall–Kier alpha value is -4.91. The van der Waals surface area contributed by atoms with Crippen LogP contribution in [0.15, 0.2) is 67.3 Å². The van der Waals surface area contributed by atoms with E-state index in [0.29, 0.717) is 49.2 Å². The van der Waals surface area contributed by atoms with Crippen molar-refractivity contribution in [2.24, 2.45) is 0 Å². The fourth-order valence-electron chi connectivity index (χ4n) is 4.73. The number of amides is 2. The van der Waals surface area contributed by atoms with Gasteiger partial charge in [0.05, 0.1) is 34.5 Å². The van der Waals surface area contributed by atoms with Crippen LogP contribution in [0.5, 0.6) is 0 Å². The molecule has 0 spiro atoms. The van der Waals surface area contributed by atoms with E-state index in [1.165, 1.54) is 25.3 Å². The van der Waals surface area contributed by atoms with Gasteiger partial charge in [0.2, 0.25) is 11.9 Å². The molecule has 222 valence electrons. The highest BCUT2D eigenvalue weighted by Gasteiger charge is 2.35. The van der Waals surface area contributed by atoms with Gasteiger partial charge in [0.1, 0.15) is 0 Å². The molecule has 13 heteroatoms. The summed E-state index contributed by atoms with van der Waals surface area (Å²) in [5.41, 5.74) is 1.91. The van der Waals surface area contributed by atoms with Gasteiger partial charge >= 0.3 is 6.18 Å². The van der Waals surface area contributed by atoms with Gasteiger partial charge < -0.3 is 15.5 Å². The number of nitrogens with one attached hydrogen (secondary N) is 2. The molecular formula is C30H29F3N8O2. The zero-order chi connectivity index (χ0) is 30.6. The Morgan fingerprint density at radius 2 is 1.77 bits per heavy atom. The standard InChI is InChI=1S/C30H29F3N8O2/c1-19-27(39-29-35-9-7-26(38-29)22-4-3-8-34-16-22)15-24(17-36-19)37-28(43)21-5-6-23(25(14-21)30(31,32)33)18-40-10-12-41(13-11-40)20(2)42/h3-9,14-17H,10-13,18H2,1-2H3,(H,37,43)(H,35,38,39). The quantitative estimate of drug-likeness (QED) is 0.312. The van der Waals surface area contributed by atoms with E-state index in [1.807, 2.05) is 11.0 Å². The van der Waals surface area contributed by atoms with Gasteiger partial charge in [-0.1, -0.05) is 6.07 Å². The third-order valence-electron chi connectivity index (χ3n) is 7.09. The molecule has 43 heavy (non-hydrogen) atoms. The molecule has 5 rings (SSSR count). The van der Waals surface area contributed by atoms with Crippen LogP contribution in [0.1, 0.15) is 34.1 Å². The van der Waals surface area contributed by atoms with Crippen molar-refractivity contribution < 1.29 is 22.8 Å². The van der Waals surface area contributed by atoms with E-state index < -0.39 is 17.6 Å². The third-order valence-corrected chi connectivity index (χ3v) is 7.09. The number of piperazine rings is 1. The molecule has 0 atom stereocenters. The van der Waals surface area contributed by atoms with Crippen LogP contribution in [0, 0.1) is 6.92 Å². The van der Waals surface area contributed by atoms with Gasteiger partial charge in [0, 0.05) is 69.4 Å². The first-order valence-corrected chi connectivity index (χ1v) is 13.5. The maximum absolute atomic E-state index is 14.0. The highest BCUT2D eigenvalue weighted by Crippen LogP contribution is 2.34. The van der Waals surface area contributed by atoms with E-state index >= 15 is 0 Å². The number of rotatable bonds is 7. The van der Waals surface area contributed by atoms with E-state index in [1.54, 1.807) is 48.6 Å². The number of alkyl halides is 3. The second kappa shape index (κ2) is 12.5. The predicted molar refractivity (Wildman–Crippen MR) is 154 cm³/mol. The van der Waals surface area contributed by atoms with Crippen molar-refractivity contribution in [2.75, 3.05) is 36.8 Å². The first-order chi connectivity index (χ1) is 20.6. The van der Waals surface area contributed by atoms with E-state index in [4.69, 9.17) is 0 Å². The fourth-order valence-corrected chi connectivity index (χ4v) is 4.73. The van der Waals surface area contributed by atoms with Crippen molar-refractivity contribution in [2.45, 2.75) is 26.6 Å². The summed E-state index contributed by atoms with van der Waals surface area (Å²) in [6.45, 7) is 5.14. The zero-order valence-electron chi connectivity index (χ0n) is 23.5. The number of carbonyl (C=O) groups excluding carboxylic acids is 2. The second-order valence-electron chi connectivity index (χ2n) is 10.1. The Kier molecular flexibility index (Phi) is 8.62. The molecular weight excluding hydrogens is 561 g/mol.